The van der Waals surface area contributed by atoms with Crippen molar-refractivity contribution in [3.63, 3.8) is 0 Å². The predicted molar refractivity (Wildman–Crippen MR) is 83.5 cm³/mol. The number of benzene rings is 1. The highest BCUT2D eigenvalue weighted by atomic mass is 19.4. The molecule has 0 bridgehead atoms. The highest BCUT2D eigenvalue weighted by Crippen LogP contribution is 2.29. The van der Waals surface area contributed by atoms with Gasteiger partial charge in [-0.1, -0.05) is 32.3 Å². The van der Waals surface area contributed by atoms with Crippen molar-refractivity contribution in [1.82, 2.24) is 5.32 Å². The van der Waals surface area contributed by atoms with Gasteiger partial charge in [0, 0.05) is 5.56 Å². The maximum Gasteiger partial charge on any atom is 0.416 e. The summed E-state index contributed by atoms with van der Waals surface area (Å²) in [5.41, 5.74) is -1.08. The number of alkyl halides is 3. The molecule has 0 heterocycles. The van der Waals surface area contributed by atoms with E-state index in [-0.39, 0.29) is 12.2 Å². The molecule has 1 aromatic rings. The van der Waals surface area contributed by atoms with E-state index in [0.717, 1.165) is 43.9 Å². The quantitative estimate of drug-likeness (QED) is 0.573. The van der Waals surface area contributed by atoms with Crippen molar-refractivity contribution < 1.29 is 27.5 Å². The van der Waals surface area contributed by atoms with Crippen molar-refractivity contribution in [3.05, 3.63) is 35.4 Å². The van der Waals surface area contributed by atoms with Crippen LogP contribution >= 0.6 is 0 Å². The smallest absolute Gasteiger partial charge is 0.416 e. The van der Waals surface area contributed by atoms with E-state index in [1.807, 2.05) is 0 Å². The van der Waals surface area contributed by atoms with E-state index in [9.17, 15) is 22.8 Å². The van der Waals surface area contributed by atoms with Gasteiger partial charge in [-0.3, -0.25) is 4.79 Å². The van der Waals surface area contributed by atoms with E-state index in [2.05, 4.69) is 12.2 Å². The first-order valence-electron chi connectivity index (χ1n) is 7.90. The molecular weight excluding hydrogens is 323 g/mol. The average molecular weight is 345 g/mol. The molecule has 134 valence electrons. The number of rotatable bonds is 8. The summed E-state index contributed by atoms with van der Waals surface area (Å²) in [6, 6.07) is 3.10. The van der Waals surface area contributed by atoms with Crippen LogP contribution in [0.1, 0.15) is 55.5 Å². The lowest BCUT2D eigenvalue weighted by Crippen LogP contribution is -2.39. The molecule has 0 radical (unpaired) electrons. The van der Waals surface area contributed by atoms with Crippen molar-refractivity contribution in [2.75, 3.05) is 6.61 Å². The second kappa shape index (κ2) is 9.30. The molecule has 24 heavy (non-hydrogen) atoms. The minimum absolute atomic E-state index is 0.160. The van der Waals surface area contributed by atoms with E-state index in [1.165, 1.54) is 13.0 Å². The van der Waals surface area contributed by atoms with Gasteiger partial charge in [0.05, 0.1) is 12.2 Å². The van der Waals surface area contributed by atoms with Crippen LogP contribution in [-0.2, 0) is 15.7 Å². The summed E-state index contributed by atoms with van der Waals surface area (Å²) in [5, 5.41) is 2.35. The number of carbonyl (C=O) groups excluding carboxylic acids is 2. The third-order valence-corrected chi connectivity index (χ3v) is 3.40. The minimum Gasteiger partial charge on any atom is -0.464 e. The second-order valence-electron chi connectivity index (χ2n) is 5.50. The van der Waals surface area contributed by atoms with E-state index in [1.54, 1.807) is 0 Å². The fraction of sp³-hybridized carbons (Fsp3) is 0.529. The summed E-state index contributed by atoms with van der Waals surface area (Å²) < 4.78 is 43.0. The summed E-state index contributed by atoms with van der Waals surface area (Å²) in [6.07, 6.45) is -0.710. The number of ether oxygens (including phenoxy) is 1. The Morgan fingerprint density at radius 1 is 1.21 bits per heavy atom. The van der Waals surface area contributed by atoms with Crippen LogP contribution in [0.2, 0.25) is 0 Å². The maximum absolute atomic E-state index is 12.6. The first-order chi connectivity index (χ1) is 11.3. The van der Waals surface area contributed by atoms with Crippen LogP contribution in [0, 0.1) is 0 Å². The van der Waals surface area contributed by atoms with Gasteiger partial charge in [0.2, 0.25) is 0 Å². The van der Waals surface area contributed by atoms with E-state index in [0.29, 0.717) is 0 Å². The lowest BCUT2D eigenvalue weighted by molar-refractivity contribution is -0.145. The van der Waals surface area contributed by atoms with Gasteiger partial charge in [0.15, 0.2) is 0 Å². The van der Waals surface area contributed by atoms with Gasteiger partial charge in [0.1, 0.15) is 6.04 Å². The third kappa shape index (κ3) is 6.60. The normalized spacial score (nSPS) is 12.5. The van der Waals surface area contributed by atoms with Crippen molar-refractivity contribution in [1.29, 1.82) is 0 Å². The first kappa shape index (κ1) is 20.0. The van der Waals surface area contributed by atoms with Crippen molar-refractivity contribution in [3.8, 4) is 0 Å². The van der Waals surface area contributed by atoms with Gasteiger partial charge in [-0.2, -0.15) is 13.2 Å². The van der Waals surface area contributed by atoms with Crippen molar-refractivity contribution in [2.24, 2.45) is 0 Å². The lowest BCUT2D eigenvalue weighted by atomic mass is 10.1. The largest absolute Gasteiger partial charge is 0.464 e. The molecule has 7 heteroatoms. The van der Waals surface area contributed by atoms with Crippen molar-refractivity contribution >= 4 is 11.9 Å². The van der Waals surface area contributed by atoms with Gasteiger partial charge >= 0.3 is 12.1 Å². The van der Waals surface area contributed by atoms with Gasteiger partial charge in [-0.25, -0.2) is 4.79 Å². The fourth-order valence-corrected chi connectivity index (χ4v) is 2.00. The first-order valence-corrected chi connectivity index (χ1v) is 7.90. The SMILES string of the molecule is CCCCCCOC(=O)C(C)NC(=O)c1cccc(C(F)(F)F)c1. The molecule has 0 aliphatic carbocycles. The molecule has 1 rings (SSSR count). The molecule has 0 aliphatic heterocycles. The zero-order valence-corrected chi connectivity index (χ0v) is 13.8. The average Bonchev–Trinajstić information content (AvgIpc) is 2.53. The fourth-order valence-electron chi connectivity index (χ4n) is 2.00. The van der Waals surface area contributed by atoms with E-state index < -0.39 is 29.7 Å². The Bertz CT molecular complexity index is 558. The highest BCUT2D eigenvalue weighted by molar-refractivity contribution is 5.96. The zero-order chi connectivity index (χ0) is 18.2. The minimum atomic E-state index is -4.53. The van der Waals surface area contributed by atoms with E-state index >= 15 is 0 Å². The second-order valence-corrected chi connectivity index (χ2v) is 5.50. The van der Waals surface area contributed by atoms with Crippen LogP contribution in [0.15, 0.2) is 24.3 Å². The Morgan fingerprint density at radius 2 is 1.92 bits per heavy atom. The van der Waals surface area contributed by atoms with Gasteiger partial charge < -0.3 is 10.1 Å². The number of amides is 1. The maximum atomic E-state index is 12.6. The Labute approximate surface area is 139 Å². The summed E-state index contributed by atoms with van der Waals surface area (Å²) >= 11 is 0. The third-order valence-electron chi connectivity index (χ3n) is 3.40. The van der Waals surface area contributed by atoms with Crippen molar-refractivity contribution in [2.45, 2.75) is 51.7 Å². The van der Waals surface area contributed by atoms with Crippen LogP contribution < -0.4 is 5.32 Å². The van der Waals surface area contributed by atoms with Crippen LogP contribution in [-0.4, -0.2) is 24.5 Å². The summed E-state index contributed by atoms with van der Waals surface area (Å²) in [5.74, 6) is -1.36. The molecule has 0 aliphatic rings. The zero-order valence-electron chi connectivity index (χ0n) is 13.8. The summed E-state index contributed by atoms with van der Waals surface area (Å²) in [6.45, 7) is 3.76. The Balaban J connectivity index is 2.53. The van der Waals surface area contributed by atoms with Gasteiger partial charge in [0.25, 0.3) is 5.91 Å². The molecule has 0 fully saturated rings. The number of nitrogens with one attached hydrogen (secondary N) is 1. The Hall–Kier alpha value is -2.05. The monoisotopic (exact) mass is 345 g/mol. The number of halogens is 3. The molecule has 1 atom stereocenters. The number of carbonyl (C=O) groups is 2. The van der Waals surface area contributed by atoms with Crippen LogP contribution in [0.3, 0.4) is 0 Å². The lowest BCUT2D eigenvalue weighted by Gasteiger charge is -2.14. The molecular formula is C17H22F3NO3. The molecule has 1 N–H and O–H groups in total. The molecule has 0 spiro atoms. The van der Waals surface area contributed by atoms with Gasteiger partial charge in [-0.15, -0.1) is 0 Å². The van der Waals surface area contributed by atoms with Crippen LogP contribution in [0.5, 0.6) is 0 Å². The Kier molecular flexibility index (Phi) is 7.74. The van der Waals surface area contributed by atoms with E-state index in [4.69, 9.17) is 4.74 Å². The molecule has 0 saturated carbocycles. The number of hydrogen-bond acceptors (Lipinski definition) is 3. The molecule has 1 aromatic carbocycles. The number of hydrogen-bond donors (Lipinski definition) is 1. The summed E-state index contributed by atoms with van der Waals surface area (Å²) in [4.78, 5) is 23.7. The molecule has 0 saturated heterocycles. The predicted octanol–water partition coefficient (Wildman–Crippen LogP) is 3.95. The van der Waals surface area contributed by atoms with Gasteiger partial charge in [-0.05, 0) is 31.5 Å². The number of unbranched alkanes of at least 4 members (excludes halogenated alkanes) is 3. The topological polar surface area (TPSA) is 55.4 Å². The Morgan fingerprint density at radius 3 is 2.54 bits per heavy atom. The highest BCUT2D eigenvalue weighted by Gasteiger charge is 2.31. The molecule has 0 aromatic heterocycles. The summed E-state index contributed by atoms with van der Waals surface area (Å²) in [7, 11) is 0. The van der Waals surface area contributed by atoms with Crippen LogP contribution in [0.4, 0.5) is 13.2 Å². The molecule has 4 nitrogen and oxygen atoms in total. The standard InChI is InChI=1S/C17H22F3NO3/c1-3-4-5-6-10-24-16(23)12(2)21-15(22)13-8-7-9-14(11-13)17(18,19)20/h7-9,11-12H,3-6,10H2,1-2H3,(H,21,22). The molecule has 1 unspecified atom stereocenters. The molecule has 1 amide bonds. The number of esters is 1. The van der Waals surface area contributed by atoms with Crippen LogP contribution in [0.25, 0.3) is 0 Å².